The number of hydrogen-bond donors (Lipinski definition) is 0. The summed E-state index contributed by atoms with van der Waals surface area (Å²) in [5, 5.41) is 9.05. The Bertz CT molecular complexity index is 686. The fourth-order valence-corrected chi connectivity index (χ4v) is 2.20. The molecule has 0 atom stereocenters. The van der Waals surface area contributed by atoms with Crippen molar-refractivity contribution in [2.45, 2.75) is 19.3 Å². The summed E-state index contributed by atoms with van der Waals surface area (Å²) in [5.74, 6) is 1.20. The zero-order valence-corrected chi connectivity index (χ0v) is 10.7. The minimum Gasteiger partial charge on any atom is -0.419 e. The molecule has 5 heteroatoms. The van der Waals surface area contributed by atoms with Crippen molar-refractivity contribution >= 4 is 22.5 Å². The van der Waals surface area contributed by atoms with Gasteiger partial charge in [0.15, 0.2) is 0 Å². The predicted octanol–water partition coefficient (Wildman–Crippen LogP) is 3.45. The van der Waals surface area contributed by atoms with Gasteiger partial charge in [-0.2, -0.15) is 0 Å². The number of hydrogen-bond acceptors (Lipinski definition) is 3. The normalized spacial score (nSPS) is 11.2. The second-order valence-electron chi connectivity index (χ2n) is 3.98. The van der Waals surface area contributed by atoms with Crippen molar-refractivity contribution in [3.63, 3.8) is 0 Å². The molecule has 3 rings (SSSR count). The highest BCUT2D eigenvalue weighted by Gasteiger charge is 2.14. The average molecular weight is 262 g/mol. The van der Waals surface area contributed by atoms with Gasteiger partial charge in [-0.15, -0.1) is 21.8 Å². The predicted molar refractivity (Wildman–Crippen MR) is 70.5 cm³/mol. The van der Waals surface area contributed by atoms with Crippen LogP contribution in [0.4, 0.5) is 0 Å². The molecule has 4 nitrogen and oxygen atoms in total. The van der Waals surface area contributed by atoms with E-state index in [1.54, 1.807) is 0 Å². The molecular weight excluding hydrogens is 250 g/mol. The van der Waals surface area contributed by atoms with Gasteiger partial charge in [0.2, 0.25) is 11.8 Å². The molecule has 0 unspecified atom stereocenters. The van der Waals surface area contributed by atoms with Crippen LogP contribution >= 0.6 is 11.6 Å². The summed E-state index contributed by atoms with van der Waals surface area (Å²) in [5.41, 5.74) is 2.12. The summed E-state index contributed by atoms with van der Waals surface area (Å²) in [7, 11) is 0. The van der Waals surface area contributed by atoms with Crippen LogP contribution in [0.3, 0.4) is 0 Å². The molecule has 0 amide bonds. The van der Waals surface area contributed by atoms with E-state index in [9.17, 15) is 0 Å². The summed E-state index contributed by atoms with van der Waals surface area (Å²) in [6.07, 6.45) is 2.04. The quantitative estimate of drug-likeness (QED) is 0.678. The van der Waals surface area contributed by atoms with Crippen LogP contribution < -0.4 is 0 Å². The summed E-state index contributed by atoms with van der Waals surface area (Å²) in [6.45, 7) is 3.01. The molecule has 0 bridgehead atoms. The van der Waals surface area contributed by atoms with E-state index in [0.29, 0.717) is 11.8 Å². The number of benzene rings is 1. The smallest absolute Gasteiger partial charge is 0.249 e. The molecule has 0 saturated carbocycles. The molecule has 92 valence electrons. The van der Waals surface area contributed by atoms with Gasteiger partial charge < -0.3 is 8.98 Å². The van der Waals surface area contributed by atoms with E-state index in [2.05, 4.69) is 33.8 Å². The zero-order valence-electron chi connectivity index (χ0n) is 9.93. The number of aromatic nitrogens is 3. The van der Waals surface area contributed by atoms with Gasteiger partial charge in [-0.05, 0) is 13.0 Å². The fourth-order valence-electron chi connectivity index (χ4n) is 2.10. The van der Waals surface area contributed by atoms with E-state index in [1.807, 2.05) is 18.3 Å². The number of aryl methyl sites for hydroxylation is 1. The lowest BCUT2D eigenvalue weighted by atomic mass is 10.2. The van der Waals surface area contributed by atoms with E-state index in [1.165, 1.54) is 5.52 Å². The lowest BCUT2D eigenvalue weighted by Crippen LogP contribution is -1.89. The standard InChI is InChI=1S/C13H12ClN3O/c1-2-17-8-10(9-5-3-4-6-11(9)17)13-16-15-12(7-14)18-13/h3-6,8H,2,7H2,1H3. The van der Waals surface area contributed by atoms with E-state index in [-0.39, 0.29) is 5.88 Å². The van der Waals surface area contributed by atoms with Gasteiger partial charge in [0, 0.05) is 23.6 Å². The first-order valence-electron chi connectivity index (χ1n) is 5.80. The van der Waals surface area contributed by atoms with Crippen LogP contribution in [-0.4, -0.2) is 14.8 Å². The molecule has 0 fully saturated rings. The van der Waals surface area contributed by atoms with Crippen molar-refractivity contribution in [3.05, 3.63) is 36.4 Å². The first kappa shape index (κ1) is 11.3. The highest BCUT2D eigenvalue weighted by atomic mass is 35.5. The summed E-state index contributed by atoms with van der Waals surface area (Å²) >= 11 is 5.68. The molecule has 0 aliphatic carbocycles. The van der Waals surface area contributed by atoms with Gasteiger partial charge in [0.1, 0.15) is 5.88 Å². The molecule has 18 heavy (non-hydrogen) atoms. The Hall–Kier alpha value is -1.81. The highest BCUT2D eigenvalue weighted by molar-refractivity contribution is 6.16. The van der Waals surface area contributed by atoms with Gasteiger partial charge in [0.05, 0.1) is 5.56 Å². The Kier molecular flexibility index (Phi) is 2.80. The van der Waals surface area contributed by atoms with Crippen LogP contribution in [0.25, 0.3) is 22.4 Å². The maximum Gasteiger partial charge on any atom is 0.249 e. The average Bonchev–Trinajstić information content (AvgIpc) is 3.02. The van der Waals surface area contributed by atoms with E-state index in [0.717, 1.165) is 17.5 Å². The van der Waals surface area contributed by atoms with E-state index in [4.69, 9.17) is 16.0 Å². The van der Waals surface area contributed by atoms with Crippen molar-refractivity contribution < 1.29 is 4.42 Å². The Morgan fingerprint density at radius 2 is 2.11 bits per heavy atom. The van der Waals surface area contributed by atoms with E-state index < -0.39 is 0 Å². The van der Waals surface area contributed by atoms with Crippen LogP contribution in [0.15, 0.2) is 34.9 Å². The number of halogens is 1. The molecule has 0 aliphatic heterocycles. The molecule has 2 aromatic heterocycles. The fraction of sp³-hybridized carbons (Fsp3) is 0.231. The second kappa shape index (κ2) is 4.46. The molecule has 0 aliphatic rings. The number of para-hydroxylation sites is 1. The van der Waals surface area contributed by atoms with Gasteiger partial charge in [-0.1, -0.05) is 18.2 Å². The molecule has 1 aromatic carbocycles. The Morgan fingerprint density at radius 1 is 1.28 bits per heavy atom. The van der Waals surface area contributed by atoms with Gasteiger partial charge >= 0.3 is 0 Å². The molecule has 0 saturated heterocycles. The Labute approximate surface area is 109 Å². The molecular formula is C13H12ClN3O. The zero-order chi connectivity index (χ0) is 12.5. The number of nitrogens with zero attached hydrogens (tertiary/aromatic N) is 3. The SMILES string of the molecule is CCn1cc(-c2nnc(CCl)o2)c2ccccc21. The molecule has 0 radical (unpaired) electrons. The maximum atomic E-state index is 5.68. The van der Waals surface area contributed by atoms with Crippen LogP contribution in [0.1, 0.15) is 12.8 Å². The maximum absolute atomic E-state index is 5.68. The topological polar surface area (TPSA) is 43.9 Å². The molecule has 0 N–H and O–H groups in total. The number of alkyl halides is 1. The van der Waals surface area contributed by atoms with Crippen LogP contribution in [0.2, 0.25) is 0 Å². The second-order valence-corrected chi connectivity index (χ2v) is 4.25. The van der Waals surface area contributed by atoms with Crippen molar-refractivity contribution in [2.24, 2.45) is 0 Å². The van der Waals surface area contributed by atoms with E-state index >= 15 is 0 Å². The van der Waals surface area contributed by atoms with Gasteiger partial charge in [-0.25, -0.2) is 0 Å². The molecule has 0 spiro atoms. The van der Waals surface area contributed by atoms with Crippen LogP contribution in [0, 0.1) is 0 Å². The Morgan fingerprint density at radius 3 is 2.83 bits per heavy atom. The van der Waals surface area contributed by atoms with Crippen molar-refractivity contribution in [1.82, 2.24) is 14.8 Å². The summed E-state index contributed by atoms with van der Waals surface area (Å²) < 4.78 is 7.68. The lowest BCUT2D eigenvalue weighted by Gasteiger charge is -1.97. The van der Waals surface area contributed by atoms with Gasteiger partial charge in [-0.3, -0.25) is 0 Å². The third-order valence-electron chi connectivity index (χ3n) is 2.94. The lowest BCUT2D eigenvalue weighted by molar-refractivity contribution is 0.527. The van der Waals surface area contributed by atoms with Gasteiger partial charge in [0.25, 0.3) is 0 Å². The summed E-state index contributed by atoms with van der Waals surface area (Å²) in [4.78, 5) is 0. The minimum atomic E-state index is 0.236. The third-order valence-corrected chi connectivity index (χ3v) is 3.17. The third kappa shape index (κ3) is 1.69. The number of rotatable bonds is 3. The first-order valence-corrected chi connectivity index (χ1v) is 6.33. The Balaban J connectivity index is 2.22. The highest BCUT2D eigenvalue weighted by Crippen LogP contribution is 2.29. The monoisotopic (exact) mass is 261 g/mol. The van der Waals surface area contributed by atoms with Crippen LogP contribution in [-0.2, 0) is 12.4 Å². The first-order chi connectivity index (χ1) is 8.83. The van der Waals surface area contributed by atoms with Crippen LogP contribution in [0.5, 0.6) is 0 Å². The summed E-state index contributed by atoms with van der Waals surface area (Å²) in [6, 6.07) is 8.17. The minimum absolute atomic E-state index is 0.236. The molecule has 3 aromatic rings. The molecule has 2 heterocycles. The largest absolute Gasteiger partial charge is 0.419 e. The van der Waals surface area contributed by atoms with Crippen molar-refractivity contribution in [2.75, 3.05) is 0 Å². The number of fused-ring (bicyclic) bond motifs is 1. The van der Waals surface area contributed by atoms with Crippen molar-refractivity contribution in [3.8, 4) is 11.5 Å². The van der Waals surface area contributed by atoms with Crippen molar-refractivity contribution in [1.29, 1.82) is 0 Å².